The topological polar surface area (TPSA) is 91.2 Å². The standard InChI is InChI=1S/C20H16Cl2F3N3O3S/c1-31-18(30)19(20(23,24)25,27-16(29)12-7-6-10(21)8-14(12)22)28-17-13(9-26)11-4-2-3-5-15(11)32-17/h6-8,28H,2-5H2,1H3,(H,27,29). The second kappa shape index (κ2) is 9.17. The lowest BCUT2D eigenvalue weighted by Gasteiger charge is -2.34. The number of nitriles is 1. The fourth-order valence-corrected chi connectivity index (χ4v) is 5.19. The number of esters is 1. The summed E-state index contributed by atoms with van der Waals surface area (Å²) in [6.45, 7) is 0. The minimum atomic E-state index is -5.34. The second-order valence-electron chi connectivity index (χ2n) is 6.97. The molecule has 0 spiro atoms. The molecule has 0 aliphatic heterocycles. The highest BCUT2D eigenvalue weighted by molar-refractivity contribution is 7.16. The van der Waals surface area contributed by atoms with Gasteiger partial charge < -0.3 is 15.4 Å². The van der Waals surface area contributed by atoms with Crippen molar-refractivity contribution in [3.05, 3.63) is 49.8 Å². The average Bonchev–Trinajstić information content (AvgIpc) is 3.08. The summed E-state index contributed by atoms with van der Waals surface area (Å²) >= 11 is 12.7. The Bertz CT molecular complexity index is 1110. The smallest absolute Gasteiger partial charge is 0.441 e. The molecule has 1 aliphatic carbocycles. The number of amides is 1. The molecular formula is C20H16Cl2F3N3O3S. The predicted molar refractivity (Wildman–Crippen MR) is 114 cm³/mol. The number of nitrogens with zero attached hydrogens (tertiary/aromatic N) is 1. The van der Waals surface area contributed by atoms with Gasteiger partial charge in [0.1, 0.15) is 11.1 Å². The quantitative estimate of drug-likeness (QED) is 0.436. The summed E-state index contributed by atoms with van der Waals surface area (Å²) in [7, 11) is 0.760. The maximum atomic E-state index is 14.3. The fourth-order valence-electron chi connectivity index (χ4n) is 3.40. The Morgan fingerprint density at radius 1 is 1.22 bits per heavy atom. The number of carbonyl (C=O) groups excluding carboxylic acids is 2. The number of anilines is 1. The summed E-state index contributed by atoms with van der Waals surface area (Å²) in [4.78, 5) is 26.0. The number of aryl methyl sites for hydroxylation is 1. The number of fused-ring (bicyclic) bond motifs is 1. The van der Waals surface area contributed by atoms with Gasteiger partial charge in [0.25, 0.3) is 5.91 Å². The van der Waals surface area contributed by atoms with E-state index in [2.05, 4.69) is 10.1 Å². The summed E-state index contributed by atoms with van der Waals surface area (Å²) in [6.07, 6.45) is -2.55. The lowest BCUT2D eigenvalue weighted by Crippen LogP contribution is -2.69. The number of hydrogen-bond donors (Lipinski definition) is 2. The van der Waals surface area contributed by atoms with Crippen LogP contribution in [0.3, 0.4) is 0 Å². The normalized spacial score (nSPS) is 15.2. The minimum Gasteiger partial charge on any atom is -0.466 e. The molecular weight excluding hydrogens is 490 g/mol. The molecule has 170 valence electrons. The third-order valence-corrected chi connectivity index (χ3v) is 6.73. The van der Waals surface area contributed by atoms with Gasteiger partial charge in [-0.25, -0.2) is 4.79 Å². The Morgan fingerprint density at radius 2 is 1.91 bits per heavy atom. The number of hydrogen-bond acceptors (Lipinski definition) is 6. The van der Waals surface area contributed by atoms with Crippen molar-refractivity contribution in [2.45, 2.75) is 37.5 Å². The van der Waals surface area contributed by atoms with Crippen molar-refractivity contribution in [1.82, 2.24) is 5.32 Å². The van der Waals surface area contributed by atoms with E-state index in [4.69, 9.17) is 23.2 Å². The molecule has 1 aromatic carbocycles. The fraction of sp³-hybridized carbons (Fsp3) is 0.350. The van der Waals surface area contributed by atoms with Crippen LogP contribution in [0.5, 0.6) is 0 Å². The number of methoxy groups -OCH3 is 1. The van der Waals surface area contributed by atoms with E-state index in [0.717, 1.165) is 42.2 Å². The molecule has 2 aromatic rings. The van der Waals surface area contributed by atoms with Crippen LogP contribution in [0.4, 0.5) is 18.2 Å². The van der Waals surface area contributed by atoms with Crippen molar-refractivity contribution in [1.29, 1.82) is 5.26 Å². The predicted octanol–water partition coefficient (Wildman–Crippen LogP) is 5.08. The molecule has 0 radical (unpaired) electrons. The van der Waals surface area contributed by atoms with Gasteiger partial charge in [0.15, 0.2) is 0 Å². The van der Waals surface area contributed by atoms with Gasteiger partial charge in [0, 0.05) is 9.90 Å². The molecule has 0 bridgehead atoms. The largest absolute Gasteiger partial charge is 0.466 e. The van der Waals surface area contributed by atoms with Crippen molar-refractivity contribution in [2.24, 2.45) is 0 Å². The summed E-state index contributed by atoms with van der Waals surface area (Å²) in [5, 5.41) is 13.2. The van der Waals surface area contributed by atoms with Crippen molar-refractivity contribution in [3.8, 4) is 6.07 Å². The van der Waals surface area contributed by atoms with Crippen molar-refractivity contribution >= 4 is 51.4 Å². The zero-order valence-corrected chi connectivity index (χ0v) is 18.9. The van der Waals surface area contributed by atoms with Crippen LogP contribution < -0.4 is 10.6 Å². The average molecular weight is 506 g/mol. The van der Waals surface area contributed by atoms with E-state index in [-0.39, 0.29) is 26.2 Å². The first-order valence-corrected chi connectivity index (χ1v) is 10.9. The molecule has 6 nitrogen and oxygen atoms in total. The highest BCUT2D eigenvalue weighted by Crippen LogP contribution is 2.42. The highest BCUT2D eigenvalue weighted by Gasteiger charge is 2.64. The van der Waals surface area contributed by atoms with Crippen LogP contribution >= 0.6 is 34.5 Å². The van der Waals surface area contributed by atoms with Crippen molar-refractivity contribution < 1.29 is 27.5 Å². The molecule has 1 unspecified atom stereocenters. The summed E-state index contributed by atoms with van der Waals surface area (Å²) in [6, 6.07) is 5.49. The third kappa shape index (κ3) is 4.37. The van der Waals surface area contributed by atoms with Gasteiger partial charge in [0.2, 0.25) is 0 Å². The van der Waals surface area contributed by atoms with E-state index in [1.165, 1.54) is 12.1 Å². The Hall–Kier alpha value is -2.48. The zero-order valence-electron chi connectivity index (χ0n) is 16.5. The van der Waals surface area contributed by atoms with Crippen LogP contribution in [0.15, 0.2) is 18.2 Å². The maximum Gasteiger partial charge on any atom is 0.441 e. The molecule has 0 fully saturated rings. The Kier molecular flexibility index (Phi) is 6.93. The van der Waals surface area contributed by atoms with Crippen LogP contribution in [0, 0.1) is 11.3 Å². The first kappa shape index (κ1) is 24.2. The molecule has 1 aromatic heterocycles. The number of rotatable bonds is 5. The molecule has 2 N–H and O–H groups in total. The Labute approximate surface area is 195 Å². The first-order chi connectivity index (χ1) is 15.0. The van der Waals surface area contributed by atoms with Crippen molar-refractivity contribution in [3.63, 3.8) is 0 Å². The summed E-state index contributed by atoms with van der Waals surface area (Å²) in [5.74, 6) is -3.10. The number of benzene rings is 1. The number of carbonyl (C=O) groups is 2. The molecule has 1 amide bonds. The van der Waals surface area contributed by atoms with Crippen LogP contribution in [0.25, 0.3) is 0 Å². The van der Waals surface area contributed by atoms with Crippen LogP contribution in [-0.2, 0) is 22.4 Å². The van der Waals surface area contributed by atoms with Crippen molar-refractivity contribution in [2.75, 3.05) is 12.4 Å². The SMILES string of the molecule is COC(=O)C(NC(=O)c1ccc(Cl)cc1Cl)(Nc1sc2c(c1C#N)CCCC2)C(F)(F)F. The van der Waals surface area contributed by atoms with Gasteiger partial charge in [-0.3, -0.25) is 4.79 Å². The monoisotopic (exact) mass is 505 g/mol. The van der Waals surface area contributed by atoms with E-state index >= 15 is 0 Å². The van der Waals surface area contributed by atoms with E-state index in [0.29, 0.717) is 18.4 Å². The van der Waals surface area contributed by atoms with E-state index in [1.54, 1.807) is 5.32 Å². The van der Waals surface area contributed by atoms with E-state index in [1.807, 2.05) is 6.07 Å². The number of alkyl halides is 3. The maximum absolute atomic E-state index is 14.3. The van der Waals surface area contributed by atoms with Gasteiger partial charge >= 0.3 is 17.8 Å². The van der Waals surface area contributed by atoms with Crippen LogP contribution in [-0.4, -0.2) is 30.8 Å². The van der Waals surface area contributed by atoms with Gasteiger partial charge in [-0.1, -0.05) is 23.2 Å². The van der Waals surface area contributed by atoms with Gasteiger partial charge in [-0.05, 0) is 49.4 Å². The van der Waals surface area contributed by atoms with E-state index in [9.17, 15) is 28.0 Å². The number of thiophene rings is 1. The minimum absolute atomic E-state index is 0.0148. The van der Waals surface area contributed by atoms with Crippen LogP contribution in [0.1, 0.15) is 39.2 Å². The molecule has 0 saturated heterocycles. The number of nitrogens with one attached hydrogen (secondary N) is 2. The Morgan fingerprint density at radius 3 is 2.50 bits per heavy atom. The molecule has 1 atom stereocenters. The number of ether oxygens (including phenoxy) is 1. The second-order valence-corrected chi connectivity index (χ2v) is 8.92. The molecule has 1 aliphatic rings. The molecule has 0 saturated carbocycles. The summed E-state index contributed by atoms with van der Waals surface area (Å²) in [5.41, 5.74) is -3.33. The lowest BCUT2D eigenvalue weighted by atomic mass is 9.96. The van der Waals surface area contributed by atoms with Gasteiger partial charge in [0.05, 0.1) is 23.3 Å². The Balaban J connectivity index is 2.10. The highest BCUT2D eigenvalue weighted by atomic mass is 35.5. The van der Waals surface area contributed by atoms with Gasteiger partial charge in [-0.2, -0.15) is 18.4 Å². The number of halogens is 5. The molecule has 12 heteroatoms. The molecule has 32 heavy (non-hydrogen) atoms. The third-order valence-electron chi connectivity index (χ3n) is 4.98. The van der Waals surface area contributed by atoms with Crippen LogP contribution in [0.2, 0.25) is 10.0 Å². The van der Waals surface area contributed by atoms with E-state index < -0.39 is 23.7 Å². The zero-order chi connectivity index (χ0) is 23.7. The van der Waals surface area contributed by atoms with Gasteiger partial charge in [-0.15, -0.1) is 11.3 Å². The lowest BCUT2D eigenvalue weighted by molar-refractivity contribution is -0.203. The molecule has 1 heterocycles. The first-order valence-electron chi connectivity index (χ1n) is 9.29. The summed E-state index contributed by atoms with van der Waals surface area (Å²) < 4.78 is 47.5. The molecule has 3 rings (SSSR count).